The molecule has 0 aliphatic carbocycles. The molecule has 0 aromatic heterocycles. The zero-order valence-electron chi connectivity index (χ0n) is 9.07. The quantitative estimate of drug-likeness (QED) is 0.489. The fourth-order valence-corrected chi connectivity index (χ4v) is 1.95. The van der Waals surface area contributed by atoms with E-state index in [1.165, 1.54) is 13.8 Å². The lowest BCUT2D eigenvalue weighted by molar-refractivity contribution is -0.136. The molecule has 0 unspecified atom stereocenters. The Morgan fingerprint density at radius 2 is 1.57 bits per heavy atom. The maximum Gasteiger partial charge on any atom is 0.220 e. The third-order valence-corrected chi connectivity index (χ3v) is 3.30. The standard InChI is InChI=1S/C9H16N2O2Si/c1-6-14-9(10(4)7(2)12)11(5)8(3)13/h6,9H,1H2,2-5H3. The van der Waals surface area contributed by atoms with E-state index >= 15 is 0 Å². The molecule has 5 heteroatoms. The van der Waals surface area contributed by atoms with Crippen LogP contribution in [-0.4, -0.2) is 51.0 Å². The highest BCUT2D eigenvalue weighted by molar-refractivity contribution is 6.44. The van der Waals surface area contributed by atoms with Gasteiger partial charge >= 0.3 is 0 Å². The molecule has 0 rings (SSSR count). The summed E-state index contributed by atoms with van der Waals surface area (Å²) in [5.41, 5.74) is 1.73. The number of rotatable bonds is 4. The molecule has 2 radical (unpaired) electrons. The van der Waals surface area contributed by atoms with Gasteiger partial charge in [-0.2, -0.15) is 0 Å². The Morgan fingerprint density at radius 3 is 1.79 bits per heavy atom. The van der Waals surface area contributed by atoms with Crippen LogP contribution in [0.15, 0.2) is 12.3 Å². The fourth-order valence-electron chi connectivity index (χ4n) is 0.933. The summed E-state index contributed by atoms with van der Waals surface area (Å²) in [6.07, 6.45) is 0. The van der Waals surface area contributed by atoms with Gasteiger partial charge in [0.1, 0.15) is 9.52 Å². The van der Waals surface area contributed by atoms with Crippen molar-refractivity contribution in [2.45, 2.75) is 19.6 Å². The van der Waals surface area contributed by atoms with Gasteiger partial charge in [-0.25, -0.2) is 0 Å². The number of hydrogen-bond donors (Lipinski definition) is 0. The molecular weight excluding hydrogens is 196 g/mol. The van der Waals surface area contributed by atoms with Crippen molar-refractivity contribution in [3.05, 3.63) is 12.3 Å². The van der Waals surface area contributed by atoms with Crippen molar-refractivity contribution >= 4 is 21.3 Å². The summed E-state index contributed by atoms with van der Waals surface area (Å²) < 4.78 is 0. The molecule has 0 aromatic carbocycles. The first kappa shape index (κ1) is 12.9. The monoisotopic (exact) mass is 212 g/mol. The van der Waals surface area contributed by atoms with Gasteiger partial charge in [0, 0.05) is 27.9 Å². The zero-order valence-corrected chi connectivity index (χ0v) is 10.1. The highest BCUT2D eigenvalue weighted by Gasteiger charge is 2.22. The van der Waals surface area contributed by atoms with E-state index in [9.17, 15) is 9.59 Å². The number of carbonyl (C=O) groups excluding carboxylic acids is 2. The Bertz CT molecular complexity index is 223. The van der Waals surface area contributed by atoms with E-state index < -0.39 is 0 Å². The lowest BCUT2D eigenvalue weighted by Gasteiger charge is -2.33. The van der Waals surface area contributed by atoms with Crippen LogP contribution < -0.4 is 0 Å². The third kappa shape index (κ3) is 3.33. The van der Waals surface area contributed by atoms with E-state index in [2.05, 4.69) is 6.58 Å². The molecule has 0 saturated heterocycles. The molecule has 0 heterocycles. The lowest BCUT2D eigenvalue weighted by atomic mass is 10.5. The summed E-state index contributed by atoms with van der Waals surface area (Å²) >= 11 is 0. The van der Waals surface area contributed by atoms with Gasteiger partial charge in [0.2, 0.25) is 11.8 Å². The van der Waals surface area contributed by atoms with Gasteiger partial charge in [0.25, 0.3) is 0 Å². The predicted molar refractivity (Wildman–Crippen MR) is 56.6 cm³/mol. The molecule has 0 saturated carbocycles. The summed E-state index contributed by atoms with van der Waals surface area (Å²) in [4.78, 5) is 25.4. The highest BCUT2D eigenvalue weighted by Crippen LogP contribution is 2.02. The van der Waals surface area contributed by atoms with Gasteiger partial charge in [-0.3, -0.25) is 9.59 Å². The van der Waals surface area contributed by atoms with E-state index in [4.69, 9.17) is 0 Å². The first-order valence-electron chi connectivity index (χ1n) is 4.25. The Hall–Kier alpha value is -1.10. The molecular formula is C9H16N2O2Si. The maximum atomic E-state index is 11.1. The van der Waals surface area contributed by atoms with Crippen LogP contribution in [0.2, 0.25) is 0 Å². The lowest BCUT2D eigenvalue weighted by Crippen LogP contribution is -2.51. The molecule has 4 nitrogen and oxygen atoms in total. The third-order valence-electron chi connectivity index (χ3n) is 1.99. The van der Waals surface area contributed by atoms with Crippen molar-refractivity contribution < 1.29 is 9.59 Å². The first-order chi connectivity index (χ1) is 6.41. The van der Waals surface area contributed by atoms with Crippen molar-refractivity contribution in [1.82, 2.24) is 9.80 Å². The van der Waals surface area contributed by atoms with Crippen LogP contribution in [0.25, 0.3) is 0 Å². The van der Waals surface area contributed by atoms with Crippen molar-refractivity contribution in [2.24, 2.45) is 0 Å². The second-order valence-corrected chi connectivity index (χ2v) is 4.26. The normalized spacial score (nSPS) is 9.79. The topological polar surface area (TPSA) is 40.6 Å². The largest absolute Gasteiger partial charge is 0.329 e. The van der Waals surface area contributed by atoms with Gasteiger partial charge in [-0.15, -0.1) is 12.3 Å². The van der Waals surface area contributed by atoms with Crippen LogP contribution in [0.3, 0.4) is 0 Å². The molecule has 0 aliphatic rings. The van der Waals surface area contributed by atoms with E-state index in [1.54, 1.807) is 29.6 Å². The fraction of sp³-hybridized carbons (Fsp3) is 0.556. The van der Waals surface area contributed by atoms with Crippen LogP contribution in [0.1, 0.15) is 13.8 Å². The summed E-state index contributed by atoms with van der Waals surface area (Å²) in [6, 6.07) is 0. The Labute approximate surface area is 87.4 Å². The van der Waals surface area contributed by atoms with Crippen LogP contribution in [0, 0.1) is 0 Å². The summed E-state index contributed by atoms with van der Waals surface area (Å²) in [5, 5.41) is 0. The van der Waals surface area contributed by atoms with Crippen molar-refractivity contribution in [1.29, 1.82) is 0 Å². The van der Waals surface area contributed by atoms with E-state index in [1.807, 2.05) is 0 Å². The Balaban J connectivity index is 4.65. The number of carbonyl (C=O) groups is 2. The maximum absolute atomic E-state index is 11.1. The molecule has 2 amide bonds. The molecule has 0 fully saturated rings. The molecule has 0 aliphatic heterocycles. The van der Waals surface area contributed by atoms with Crippen LogP contribution in [0.5, 0.6) is 0 Å². The van der Waals surface area contributed by atoms with Crippen molar-refractivity contribution in [3.8, 4) is 0 Å². The number of amides is 2. The van der Waals surface area contributed by atoms with Gasteiger partial charge in [-0.1, -0.05) is 0 Å². The molecule has 0 aromatic rings. The molecule has 78 valence electrons. The molecule has 0 atom stereocenters. The van der Waals surface area contributed by atoms with Crippen LogP contribution >= 0.6 is 0 Å². The molecule has 14 heavy (non-hydrogen) atoms. The molecule has 0 spiro atoms. The Kier molecular flexibility index (Phi) is 5.15. The minimum atomic E-state index is -0.206. The van der Waals surface area contributed by atoms with Crippen molar-refractivity contribution in [3.63, 3.8) is 0 Å². The minimum Gasteiger partial charge on any atom is -0.329 e. The smallest absolute Gasteiger partial charge is 0.220 e. The van der Waals surface area contributed by atoms with Crippen LogP contribution in [0.4, 0.5) is 0 Å². The Morgan fingerprint density at radius 1 is 1.21 bits per heavy atom. The van der Waals surface area contributed by atoms with Gasteiger partial charge in [-0.05, 0) is 0 Å². The zero-order chi connectivity index (χ0) is 11.3. The average molecular weight is 212 g/mol. The molecule has 0 N–H and O–H groups in total. The van der Waals surface area contributed by atoms with Crippen LogP contribution in [-0.2, 0) is 9.59 Å². The first-order valence-corrected chi connectivity index (χ1v) is 5.41. The van der Waals surface area contributed by atoms with Gasteiger partial charge in [0.05, 0.1) is 5.79 Å². The number of nitrogens with zero attached hydrogens (tertiary/aromatic N) is 2. The van der Waals surface area contributed by atoms with Crippen molar-refractivity contribution in [2.75, 3.05) is 14.1 Å². The summed E-state index contributed by atoms with van der Waals surface area (Å²) in [5.74, 6) is -0.322. The van der Waals surface area contributed by atoms with Gasteiger partial charge in [0.15, 0.2) is 0 Å². The van der Waals surface area contributed by atoms with E-state index in [0.717, 1.165) is 0 Å². The van der Waals surface area contributed by atoms with E-state index in [-0.39, 0.29) is 17.6 Å². The average Bonchev–Trinajstić information content (AvgIpc) is 2.11. The minimum absolute atomic E-state index is 0.0579. The predicted octanol–water partition coefficient (Wildman–Crippen LogP) is 0.0743. The second kappa shape index (κ2) is 5.59. The molecule has 0 bridgehead atoms. The second-order valence-electron chi connectivity index (χ2n) is 3.00. The summed E-state index contributed by atoms with van der Waals surface area (Å²) in [7, 11) is 3.69. The SMILES string of the molecule is C=C[Si]C(N(C)C(C)=O)N(C)C(C)=O. The van der Waals surface area contributed by atoms with E-state index in [0.29, 0.717) is 9.52 Å². The van der Waals surface area contributed by atoms with Gasteiger partial charge < -0.3 is 9.80 Å². The highest BCUT2D eigenvalue weighted by atomic mass is 28.2. The number of hydrogen-bond acceptors (Lipinski definition) is 2. The summed E-state index contributed by atoms with van der Waals surface area (Å²) in [6.45, 7) is 6.58.